The van der Waals surface area contributed by atoms with E-state index in [1.165, 1.54) is 0 Å². The van der Waals surface area contributed by atoms with Gasteiger partial charge in [-0.15, -0.1) is 0 Å². The Morgan fingerprint density at radius 2 is 1.79 bits per heavy atom. The van der Waals surface area contributed by atoms with E-state index in [0.29, 0.717) is 25.2 Å². The molecule has 1 saturated heterocycles. The number of carbonyl (C=O) groups is 2. The number of fused-ring (bicyclic) bond motifs is 2. The number of likely N-dealkylation sites (tertiary alicyclic amines) is 1. The Hall–Kier alpha value is -2.46. The fraction of sp³-hybridized carbons (Fsp3) is 0.440. The van der Waals surface area contributed by atoms with E-state index in [1.54, 1.807) is 0 Å². The molecule has 0 bridgehead atoms. The predicted octanol–water partition coefficient (Wildman–Crippen LogP) is 4.13. The van der Waals surface area contributed by atoms with Gasteiger partial charge in [0, 0.05) is 30.9 Å². The van der Waals surface area contributed by atoms with Gasteiger partial charge in [0.05, 0.1) is 5.92 Å². The maximum atomic E-state index is 13.9. The van der Waals surface area contributed by atoms with Gasteiger partial charge in [-0.05, 0) is 38.9 Å². The highest BCUT2D eigenvalue weighted by Crippen LogP contribution is 2.51. The summed E-state index contributed by atoms with van der Waals surface area (Å²) in [5, 5.41) is 0. The Kier molecular flexibility index (Phi) is 5.07. The third-order valence-corrected chi connectivity index (χ3v) is 6.55. The number of ketones is 1. The number of carbonyl (C=O) groups excluding carboxylic acids is 2. The molecule has 4 nitrogen and oxygen atoms in total. The van der Waals surface area contributed by atoms with Crippen LogP contribution in [-0.4, -0.2) is 43.3 Å². The summed E-state index contributed by atoms with van der Waals surface area (Å²) in [6, 6.07) is 14.0. The molecule has 0 unspecified atom stereocenters. The van der Waals surface area contributed by atoms with Gasteiger partial charge in [-0.25, -0.2) is 0 Å². The van der Waals surface area contributed by atoms with Crippen molar-refractivity contribution in [2.45, 2.75) is 39.0 Å². The second kappa shape index (κ2) is 7.42. The smallest absolute Gasteiger partial charge is 0.239 e. The van der Waals surface area contributed by atoms with Crippen LogP contribution in [0.3, 0.4) is 0 Å². The number of likely N-dealkylation sites (N-methyl/N-ethyl adjacent to an activating group) is 1. The predicted molar refractivity (Wildman–Crippen MR) is 117 cm³/mol. The molecule has 2 aliphatic heterocycles. The van der Waals surface area contributed by atoms with Crippen LogP contribution in [0.15, 0.2) is 42.5 Å². The minimum absolute atomic E-state index is 0.0764. The van der Waals surface area contributed by atoms with Gasteiger partial charge in [-0.2, -0.15) is 0 Å². The quantitative estimate of drug-likeness (QED) is 0.721. The normalized spacial score (nSPS) is 23.8. The number of amides is 1. The summed E-state index contributed by atoms with van der Waals surface area (Å²) in [6.07, 6.45) is 1.99. The number of hydrogen-bond acceptors (Lipinski definition) is 3. The van der Waals surface area contributed by atoms with Crippen LogP contribution in [0.25, 0.3) is 0 Å². The van der Waals surface area contributed by atoms with Crippen molar-refractivity contribution in [3.05, 3.63) is 64.7 Å². The molecule has 1 spiro atoms. The van der Waals surface area contributed by atoms with Gasteiger partial charge in [0.2, 0.25) is 5.91 Å². The standard InChI is InChI=1S/C25H30N2O2/c1-5-6-13-27-22-12-9-18(3)14-20(22)25(24(27)29)16-26(4)15-21(25)23(28)19-10-7-17(2)8-11-19/h7-12,14,21H,5-6,13,15-16H2,1-4H3/t21-,25-/m1/s1. The van der Waals surface area contributed by atoms with E-state index < -0.39 is 5.41 Å². The van der Waals surface area contributed by atoms with Crippen LogP contribution in [0.5, 0.6) is 0 Å². The molecular formula is C25H30N2O2. The van der Waals surface area contributed by atoms with Crippen molar-refractivity contribution in [3.8, 4) is 0 Å². The number of aryl methyl sites for hydroxylation is 2. The highest BCUT2D eigenvalue weighted by atomic mass is 16.2. The summed E-state index contributed by atoms with van der Waals surface area (Å²) in [4.78, 5) is 31.6. The van der Waals surface area contributed by atoms with E-state index in [1.807, 2.05) is 43.1 Å². The Balaban J connectivity index is 1.83. The second-order valence-corrected chi connectivity index (χ2v) is 8.78. The molecule has 1 fully saturated rings. The molecule has 4 rings (SSSR count). The molecule has 4 heteroatoms. The van der Waals surface area contributed by atoms with Crippen molar-refractivity contribution in [1.82, 2.24) is 4.90 Å². The van der Waals surface area contributed by atoms with Gasteiger partial charge in [0.1, 0.15) is 5.41 Å². The van der Waals surface area contributed by atoms with Crippen LogP contribution in [0.1, 0.15) is 46.8 Å². The van der Waals surface area contributed by atoms with E-state index in [2.05, 4.69) is 36.9 Å². The Morgan fingerprint density at radius 1 is 1.10 bits per heavy atom. The minimum atomic E-state index is -0.786. The molecule has 2 atom stereocenters. The first-order valence-corrected chi connectivity index (χ1v) is 10.6. The monoisotopic (exact) mass is 390 g/mol. The molecule has 152 valence electrons. The number of hydrogen-bond donors (Lipinski definition) is 0. The van der Waals surface area contributed by atoms with Gasteiger partial charge < -0.3 is 9.80 Å². The lowest BCUT2D eigenvalue weighted by Gasteiger charge is -2.29. The molecular weight excluding hydrogens is 360 g/mol. The first kappa shape index (κ1) is 19.8. The van der Waals surface area contributed by atoms with Crippen molar-refractivity contribution >= 4 is 17.4 Å². The average Bonchev–Trinajstić information content (AvgIpc) is 3.16. The SMILES string of the molecule is CCCCN1C(=O)[C@]2(CN(C)C[C@@H]2C(=O)c2ccc(C)cc2)c2cc(C)ccc21. The van der Waals surface area contributed by atoms with E-state index >= 15 is 0 Å². The number of unbranched alkanes of at least 4 members (excludes halogenated alkanes) is 1. The number of anilines is 1. The zero-order valence-electron chi connectivity index (χ0n) is 17.9. The van der Waals surface area contributed by atoms with Crippen LogP contribution in [0.4, 0.5) is 5.69 Å². The average molecular weight is 391 g/mol. The maximum absolute atomic E-state index is 13.9. The van der Waals surface area contributed by atoms with Crippen molar-refractivity contribution in [3.63, 3.8) is 0 Å². The summed E-state index contributed by atoms with van der Waals surface area (Å²) >= 11 is 0. The molecule has 2 heterocycles. The number of Topliss-reactive ketones (excluding diaryl/α,β-unsaturated/α-hetero) is 1. The molecule has 2 aromatic carbocycles. The van der Waals surface area contributed by atoms with Crippen molar-refractivity contribution < 1.29 is 9.59 Å². The molecule has 0 saturated carbocycles. The second-order valence-electron chi connectivity index (χ2n) is 8.78. The van der Waals surface area contributed by atoms with Crippen molar-refractivity contribution in [1.29, 1.82) is 0 Å². The van der Waals surface area contributed by atoms with Gasteiger partial charge >= 0.3 is 0 Å². The fourth-order valence-corrected chi connectivity index (χ4v) is 5.03. The van der Waals surface area contributed by atoms with Gasteiger partial charge in [-0.1, -0.05) is 60.9 Å². The topological polar surface area (TPSA) is 40.6 Å². The lowest BCUT2D eigenvalue weighted by atomic mass is 9.70. The van der Waals surface area contributed by atoms with Crippen LogP contribution in [0.2, 0.25) is 0 Å². The molecule has 0 N–H and O–H groups in total. The largest absolute Gasteiger partial charge is 0.311 e. The Bertz CT molecular complexity index is 950. The van der Waals surface area contributed by atoms with E-state index in [9.17, 15) is 9.59 Å². The number of nitrogens with zero attached hydrogens (tertiary/aromatic N) is 2. The first-order valence-electron chi connectivity index (χ1n) is 10.6. The lowest BCUT2D eigenvalue weighted by Crippen LogP contribution is -2.48. The molecule has 0 aromatic heterocycles. The highest BCUT2D eigenvalue weighted by Gasteiger charge is 2.61. The van der Waals surface area contributed by atoms with Crippen LogP contribution >= 0.6 is 0 Å². The van der Waals surface area contributed by atoms with Crippen LogP contribution < -0.4 is 4.90 Å². The Morgan fingerprint density at radius 3 is 2.48 bits per heavy atom. The molecule has 29 heavy (non-hydrogen) atoms. The summed E-state index contributed by atoms with van der Waals surface area (Å²) in [5.74, 6) is -0.191. The first-order chi connectivity index (χ1) is 13.9. The molecule has 1 amide bonds. The molecule has 0 aliphatic carbocycles. The van der Waals surface area contributed by atoms with E-state index in [4.69, 9.17) is 0 Å². The van der Waals surface area contributed by atoms with Gasteiger partial charge in [0.15, 0.2) is 5.78 Å². The number of rotatable bonds is 5. The van der Waals surface area contributed by atoms with Gasteiger partial charge in [0.25, 0.3) is 0 Å². The minimum Gasteiger partial charge on any atom is -0.311 e. The number of benzene rings is 2. The highest BCUT2D eigenvalue weighted by molar-refractivity contribution is 6.13. The third kappa shape index (κ3) is 3.10. The van der Waals surface area contributed by atoms with Crippen molar-refractivity contribution in [2.24, 2.45) is 5.92 Å². The molecule has 0 radical (unpaired) electrons. The van der Waals surface area contributed by atoms with Crippen LogP contribution in [0, 0.1) is 19.8 Å². The third-order valence-electron chi connectivity index (χ3n) is 6.55. The summed E-state index contributed by atoms with van der Waals surface area (Å²) in [5.41, 5.74) is 4.20. The molecule has 2 aliphatic rings. The maximum Gasteiger partial charge on any atom is 0.239 e. The van der Waals surface area contributed by atoms with E-state index in [-0.39, 0.29) is 17.6 Å². The summed E-state index contributed by atoms with van der Waals surface area (Å²) in [7, 11) is 2.02. The van der Waals surface area contributed by atoms with Crippen molar-refractivity contribution in [2.75, 3.05) is 31.6 Å². The zero-order valence-corrected chi connectivity index (χ0v) is 17.9. The van der Waals surface area contributed by atoms with Crippen LogP contribution in [-0.2, 0) is 10.2 Å². The summed E-state index contributed by atoms with van der Waals surface area (Å²) < 4.78 is 0. The summed E-state index contributed by atoms with van der Waals surface area (Å²) in [6.45, 7) is 8.12. The lowest BCUT2D eigenvalue weighted by molar-refractivity contribution is -0.123. The molecule has 2 aromatic rings. The fourth-order valence-electron chi connectivity index (χ4n) is 5.03. The zero-order chi connectivity index (χ0) is 20.8. The van der Waals surface area contributed by atoms with E-state index in [0.717, 1.165) is 35.2 Å². The Labute approximate surface area is 173 Å². The van der Waals surface area contributed by atoms with Gasteiger partial charge in [-0.3, -0.25) is 9.59 Å².